The third-order valence-corrected chi connectivity index (χ3v) is 2.31. The maximum Gasteiger partial charge on any atom is 0.164 e. The number of rotatable bonds is 0. The standard InChI is InChI=1S/C10H8N2O/c11-4-7-5-12-6-9-8(7)2-1-3-10(9)13/h5-6H,1-3H2. The Bertz CT molecular complexity index is 404. The van der Waals surface area contributed by atoms with Crippen LogP contribution in [-0.4, -0.2) is 10.8 Å². The zero-order valence-corrected chi connectivity index (χ0v) is 7.08. The van der Waals surface area contributed by atoms with Crippen molar-refractivity contribution in [2.75, 3.05) is 0 Å². The molecule has 0 fully saturated rings. The highest BCUT2D eigenvalue weighted by Crippen LogP contribution is 2.22. The number of hydrogen-bond donors (Lipinski definition) is 0. The summed E-state index contributed by atoms with van der Waals surface area (Å²) in [5.74, 6) is 0.117. The second kappa shape index (κ2) is 2.98. The van der Waals surface area contributed by atoms with Crippen LogP contribution in [0.15, 0.2) is 12.4 Å². The lowest BCUT2D eigenvalue weighted by Gasteiger charge is -2.14. The molecule has 0 N–H and O–H groups in total. The van der Waals surface area contributed by atoms with Crippen LogP contribution in [0.3, 0.4) is 0 Å². The van der Waals surface area contributed by atoms with Crippen molar-refractivity contribution < 1.29 is 4.79 Å². The molecule has 1 heterocycles. The zero-order valence-electron chi connectivity index (χ0n) is 7.08. The first-order chi connectivity index (χ1) is 6.33. The molecule has 0 atom stereocenters. The number of nitrogens with zero attached hydrogens (tertiary/aromatic N) is 2. The fraction of sp³-hybridized carbons (Fsp3) is 0.300. The van der Waals surface area contributed by atoms with E-state index in [1.165, 1.54) is 6.20 Å². The van der Waals surface area contributed by atoms with Gasteiger partial charge in [-0.1, -0.05) is 0 Å². The number of aromatic nitrogens is 1. The fourth-order valence-corrected chi connectivity index (χ4v) is 1.65. The van der Waals surface area contributed by atoms with E-state index in [-0.39, 0.29) is 5.78 Å². The van der Waals surface area contributed by atoms with E-state index in [1.807, 2.05) is 0 Å². The number of carbonyl (C=O) groups is 1. The SMILES string of the molecule is N#Cc1cncc2c1CCCC2=O. The van der Waals surface area contributed by atoms with E-state index >= 15 is 0 Å². The molecule has 3 heteroatoms. The molecule has 0 unspecified atom stereocenters. The van der Waals surface area contributed by atoms with Crippen molar-refractivity contribution in [1.82, 2.24) is 4.98 Å². The molecular formula is C10H8N2O. The molecule has 0 spiro atoms. The molecule has 3 nitrogen and oxygen atoms in total. The van der Waals surface area contributed by atoms with Crippen molar-refractivity contribution >= 4 is 5.78 Å². The van der Waals surface area contributed by atoms with Gasteiger partial charge in [-0.05, 0) is 18.4 Å². The minimum absolute atomic E-state index is 0.117. The lowest BCUT2D eigenvalue weighted by Crippen LogP contribution is -2.12. The van der Waals surface area contributed by atoms with Gasteiger partial charge in [-0.2, -0.15) is 5.26 Å². The second-order valence-electron chi connectivity index (χ2n) is 3.10. The highest BCUT2D eigenvalue weighted by molar-refractivity contribution is 5.98. The van der Waals surface area contributed by atoms with E-state index in [2.05, 4.69) is 11.1 Å². The Morgan fingerprint density at radius 1 is 1.38 bits per heavy atom. The molecule has 1 aromatic heterocycles. The molecule has 0 aromatic carbocycles. The summed E-state index contributed by atoms with van der Waals surface area (Å²) >= 11 is 0. The van der Waals surface area contributed by atoms with Gasteiger partial charge in [-0.25, -0.2) is 0 Å². The van der Waals surface area contributed by atoms with Gasteiger partial charge in [0.25, 0.3) is 0 Å². The predicted molar refractivity (Wildman–Crippen MR) is 46.2 cm³/mol. The lowest BCUT2D eigenvalue weighted by atomic mass is 9.90. The van der Waals surface area contributed by atoms with Crippen molar-refractivity contribution in [2.24, 2.45) is 0 Å². The van der Waals surface area contributed by atoms with Crippen LogP contribution in [0.5, 0.6) is 0 Å². The maximum absolute atomic E-state index is 11.4. The van der Waals surface area contributed by atoms with Gasteiger partial charge in [0.05, 0.1) is 5.56 Å². The van der Waals surface area contributed by atoms with Crippen LogP contribution < -0.4 is 0 Å². The van der Waals surface area contributed by atoms with Gasteiger partial charge in [-0.15, -0.1) is 0 Å². The Morgan fingerprint density at radius 2 is 2.23 bits per heavy atom. The monoisotopic (exact) mass is 172 g/mol. The average Bonchev–Trinajstić information content (AvgIpc) is 2.18. The van der Waals surface area contributed by atoms with Crippen LogP contribution >= 0.6 is 0 Å². The number of carbonyl (C=O) groups excluding carboxylic acids is 1. The first kappa shape index (κ1) is 7.93. The average molecular weight is 172 g/mol. The summed E-state index contributed by atoms with van der Waals surface area (Å²) in [5, 5.41) is 8.78. The molecule has 0 saturated heterocycles. The fourth-order valence-electron chi connectivity index (χ4n) is 1.65. The summed E-state index contributed by atoms with van der Waals surface area (Å²) in [4.78, 5) is 15.3. The van der Waals surface area contributed by atoms with E-state index < -0.39 is 0 Å². The minimum Gasteiger partial charge on any atom is -0.294 e. The van der Waals surface area contributed by atoms with Crippen molar-refractivity contribution in [1.29, 1.82) is 5.26 Å². The highest BCUT2D eigenvalue weighted by atomic mass is 16.1. The number of hydrogen-bond acceptors (Lipinski definition) is 3. The molecular weight excluding hydrogens is 164 g/mol. The van der Waals surface area contributed by atoms with Gasteiger partial charge in [0.2, 0.25) is 0 Å². The molecule has 0 radical (unpaired) electrons. The molecule has 0 aliphatic heterocycles. The number of nitriles is 1. The summed E-state index contributed by atoms with van der Waals surface area (Å²) in [5.41, 5.74) is 2.07. The number of fused-ring (bicyclic) bond motifs is 1. The largest absolute Gasteiger partial charge is 0.294 e. The van der Waals surface area contributed by atoms with Crippen LogP contribution in [0.2, 0.25) is 0 Å². The maximum atomic E-state index is 11.4. The van der Waals surface area contributed by atoms with Gasteiger partial charge in [-0.3, -0.25) is 9.78 Å². The molecule has 0 saturated carbocycles. The Hall–Kier alpha value is -1.69. The topological polar surface area (TPSA) is 53.8 Å². The van der Waals surface area contributed by atoms with E-state index in [9.17, 15) is 4.79 Å². The van der Waals surface area contributed by atoms with Crippen molar-refractivity contribution in [3.63, 3.8) is 0 Å². The van der Waals surface area contributed by atoms with Crippen LogP contribution in [-0.2, 0) is 6.42 Å². The minimum atomic E-state index is 0.117. The lowest BCUT2D eigenvalue weighted by molar-refractivity contribution is 0.0972. The first-order valence-electron chi connectivity index (χ1n) is 4.23. The third kappa shape index (κ3) is 1.20. The Kier molecular flexibility index (Phi) is 1.82. The molecule has 64 valence electrons. The number of pyridine rings is 1. The predicted octanol–water partition coefficient (Wildman–Crippen LogP) is 1.47. The van der Waals surface area contributed by atoms with E-state index in [0.717, 1.165) is 18.4 Å². The van der Waals surface area contributed by atoms with Crippen LogP contribution in [0.4, 0.5) is 0 Å². The quantitative estimate of drug-likeness (QED) is 0.595. The summed E-state index contributed by atoms with van der Waals surface area (Å²) in [6.45, 7) is 0. The molecule has 0 bridgehead atoms. The van der Waals surface area contributed by atoms with Crippen LogP contribution in [0.25, 0.3) is 0 Å². The third-order valence-electron chi connectivity index (χ3n) is 2.31. The van der Waals surface area contributed by atoms with E-state index in [1.54, 1.807) is 6.20 Å². The first-order valence-corrected chi connectivity index (χ1v) is 4.23. The summed E-state index contributed by atoms with van der Waals surface area (Å²) in [6.07, 6.45) is 5.36. The van der Waals surface area contributed by atoms with Gasteiger partial charge in [0.1, 0.15) is 6.07 Å². The Morgan fingerprint density at radius 3 is 3.00 bits per heavy atom. The van der Waals surface area contributed by atoms with E-state index in [4.69, 9.17) is 5.26 Å². The van der Waals surface area contributed by atoms with Gasteiger partial charge < -0.3 is 0 Å². The smallest absolute Gasteiger partial charge is 0.164 e. The van der Waals surface area contributed by atoms with Gasteiger partial charge >= 0.3 is 0 Å². The van der Waals surface area contributed by atoms with Gasteiger partial charge in [0.15, 0.2) is 5.78 Å². The van der Waals surface area contributed by atoms with Crippen molar-refractivity contribution in [3.8, 4) is 6.07 Å². The zero-order chi connectivity index (χ0) is 9.26. The molecule has 0 amide bonds. The number of Topliss-reactive ketones (excluding diaryl/α,β-unsaturated/α-hetero) is 1. The number of ketones is 1. The summed E-state index contributed by atoms with van der Waals surface area (Å²) < 4.78 is 0. The second-order valence-corrected chi connectivity index (χ2v) is 3.10. The molecule has 1 aromatic rings. The van der Waals surface area contributed by atoms with Crippen molar-refractivity contribution in [3.05, 3.63) is 29.1 Å². The Labute approximate surface area is 76.0 Å². The highest BCUT2D eigenvalue weighted by Gasteiger charge is 2.19. The molecule has 1 aliphatic carbocycles. The normalized spacial score (nSPS) is 14.8. The summed E-state index contributed by atoms with van der Waals surface area (Å²) in [7, 11) is 0. The molecule has 1 aliphatic rings. The van der Waals surface area contributed by atoms with Crippen LogP contribution in [0.1, 0.15) is 34.3 Å². The van der Waals surface area contributed by atoms with Crippen LogP contribution in [0, 0.1) is 11.3 Å². The van der Waals surface area contributed by atoms with E-state index in [0.29, 0.717) is 17.5 Å². The summed E-state index contributed by atoms with van der Waals surface area (Å²) in [6, 6.07) is 2.06. The van der Waals surface area contributed by atoms with Crippen molar-refractivity contribution in [2.45, 2.75) is 19.3 Å². The molecule has 13 heavy (non-hydrogen) atoms. The molecule has 2 rings (SSSR count). The Balaban J connectivity index is 2.63. The van der Waals surface area contributed by atoms with Gasteiger partial charge in [0, 0.05) is 24.4 Å².